The minimum absolute atomic E-state index is 0.499. The molecule has 0 aliphatic carbocycles. The molecule has 0 amide bonds. The fraction of sp³-hybridized carbons (Fsp3) is 0.714. The predicted octanol–water partition coefficient (Wildman–Crippen LogP) is -0.373. The average Bonchev–Trinajstić information content (AvgIpc) is 2.31. The summed E-state index contributed by atoms with van der Waals surface area (Å²) >= 11 is 0. The lowest BCUT2D eigenvalue weighted by atomic mass is 10.6. The molecule has 0 aromatic heterocycles. The molecule has 64 valence electrons. The Bertz CT molecular complexity index is 149. The number of likely N-dealkylation sites (N-methyl/N-ethyl adjacent to an activating group) is 1. The highest BCUT2D eigenvalue weighted by Crippen LogP contribution is 2.09. The van der Waals surface area contributed by atoms with E-state index in [9.17, 15) is 5.11 Å². The van der Waals surface area contributed by atoms with Gasteiger partial charge in [0.1, 0.15) is 0 Å². The molecule has 1 N–H and O–H groups in total. The molecule has 1 aliphatic rings. The Kier molecular flexibility index (Phi) is 2.73. The van der Waals surface area contributed by atoms with Crippen molar-refractivity contribution in [3.8, 4) is 0 Å². The highest BCUT2D eigenvalue weighted by Gasteiger charge is 2.23. The van der Waals surface area contributed by atoms with Crippen LogP contribution in [0.3, 0.4) is 0 Å². The van der Waals surface area contributed by atoms with Gasteiger partial charge in [-0.3, -0.25) is 4.90 Å². The molecule has 1 rings (SSSR count). The molecule has 0 radical (unpaired) electrons. The first-order valence-electron chi connectivity index (χ1n) is 3.59. The number of methoxy groups -OCH3 is 1. The second kappa shape index (κ2) is 3.59. The maximum Gasteiger partial charge on any atom is 0.186 e. The van der Waals surface area contributed by atoms with Crippen LogP contribution in [-0.2, 0) is 4.74 Å². The second-order valence-corrected chi connectivity index (χ2v) is 2.59. The summed E-state index contributed by atoms with van der Waals surface area (Å²) in [5.41, 5.74) is 0. The fourth-order valence-corrected chi connectivity index (χ4v) is 1.05. The van der Waals surface area contributed by atoms with Gasteiger partial charge in [0.05, 0.1) is 13.4 Å². The molecule has 1 saturated heterocycles. The summed E-state index contributed by atoms with van der Waals surface area (Å²) in [5.74, 6) is 0. The van der Waals surface area contributed by atoms with E-state index >= 15 is 0 Å². The van der Waals surface area contributed by atoms with Gasteiger partial charge in [-0.1, -0.05) is 0 Å². The van der Waals surface area contributed by atoms with Gasteiger partial charge in [-0.15, -0.1) is 0 Å². The van der Waals surface area contributed by atoms with Gasteiger partial charge in [0.25, 0.3) is 0 Å². The van der Waals surface area contributed by atoms with E-state index < -0.39 is 6.35 Å². The van der Waals surface area contributed by atoms with Crippen LogP contribution in [0.1, 0.15) is 0 Å². The molecule has 0 spiro atoms. The van der Waals surface area contributed by atoms with Gasteiger partial charge >= 0.3 is 0 Å². The van der Waals surface area contributed by atoms with Crippen molar-refractivity contribution in [2.45, 2.75) is 6.35 Å². The van der Waals surface area contributed by atoms with Crippen LogP contribution in [0.5, 0.6) is 0 Å². The number of ether oxygens (including phenoxy) is 1. The van der Waals surface area contributed by atoms with E-state index in [1.54, 1.807) is 19.6 Å². The van der Waals surface area contributed by atoms with Gasteiger partial charge in [0.2, 0.25) is 0 Å². The number of hydrogen-bond donors (Lipinski definition) is 1. The van der Waals surface area contributed by atoms with Crippen molar-refractivity contribution in [1.29, 1.82) is 0 Å². The smallest absolute Gasteiger partial charge is 0.186 e. The van der Waals surface area contributed by atoms with E-state index in [2.05, 4.69) is 0 Å². The first kappa shape index (κ1) is 8.36. The van der Waals surface area contributed by atoms with Gasteiger partial charge < -0.3 is 14.7 Å². The van der Waals surface area contributed by atoms with Crippen LogP contribution >= 0.6 is 0 Å². The van der Waals surface area contributed by atoms with Gasteiger partial charge in [-0.05, 0) is 7.05 Å². The average molecular weight is 158 g/mol. The Morgan fingerprint density at radius 3 is 2.73 bits per heavy atom. The third-order valence-corrected chi connectivity index (χ3v) is 1.79. The molecule has 1 aliphatic heterocycles. The van der Waals surface area contributed by atoms with Crippen LogP contribution in [0, 0.1) is 0 Å². The lowest BCUT2D eigenvalue weighted by molar-refractivity contribution is -0.0241. The minimum Gasteiger partial charge on any atom is -0.503 e. The summed E-state index contributed by atoms with van der Waals surface area (Å²) in [6.07, 6.45) is 2.80. The Morgan fingerprint density at radius 2 is 2.27 bits per heavy atom. The zero-order valence-electron chi connectivity index (χ0n) is 6.90. The van der Waals surface area contributed by atoms with Gasteiger partial charge in [0, 0.05) is 19.3 Å². The summed E-state index contributed by atoms with van der Waals surface area (Å²) in [6.45, 7) is 1.73. The van der Waals surface area contributed by atoms with Crippen molar-refractivity contribution in [3.63, 3.8) is 0 Å². The summed E-state index contributed by atoms with van der Waals surface area (Å²) in [4.78, 5) is 3.67. The summed E-state index contributed by atoms with van der Waals surface area (Å²) in [7, 11) is 3.47. The van der Waals surface area contributed by atoms with Crippen LogP contribution in [-0.4, -0.2) is 48.5 Å². The van der Waals surface area contributed by atoms with E-state index in [1.807, 2.05) is 16.8 Å². The van der Waals surface area contributed by atoms with E-state index in [4.69, 9.17) is 4.74 Å². The number of rotatable bonds is 2. The first-order chi connectivity index (χ1) is 5.25. The van der Waals surface area contributed by atoms with Crippen molar-refractivity contribution >= 4 is 0 Å². The Morgan fingerprint density at radius 1 is 1.55 bits per heavy atom. The fourth-order valence-electron chi connectivity index (χ4n) is 1.05. The van der Waals surface area contributed by atoms with Crippen molar-refractivity contribution in [2.75, 3.05) is 27.2 Å². The number of aliphatic hydroxyl groups is 1. The summed E-state index contributed by atoms with van der Waals surface area (Å²) in [6, 6.07) is 0. The van der Waals surface area contributed by atoms with Gasteiger partial charge in [-0.2, -0.15) is 0 Å². The highest BCUT2D eigenvalue weighted by atomic mass is 16.5. The maximum absolute atomic E-state index is 9.43. The van der Waals surface area contributed by atoms with Crippen molar-refractivity contribution < 1.29 is 9.84 Å². The van der Waals surface area contributed by atoms with Crippen LogP contribution < -0.4 is 0 Å². The zero-order chi connectivity index (χ0) is 8.27. The number of nitrogens with zero attached hydrogens (tertiary/aromatic N) is 2. The number of aliphatic hydroxyl groups excluding tert-OH is 1. The second-order valence-electron chi connectivity index (χ2n) is 2.59. The van der Waals surface area contributed by atoms with E-state index in [0.717, 1.165) is 13.1 Å². The van der Waals surface area contributed by atoms with E-state index in [-0.39, 0.29) is 0 Å². The monoisotopic (exact) mass is 158 g/mol. The normalized spacial score (nSPS) is 26.8. The molecule has 1 atom stereocenters. The molecule has 1 unspecified atom stereocenters. The van der Waals surface area contributed by atoms with Crippen LogP contribution in [0.15, 0.2) is 12.5 Å². The molecule has 0 saturated carbocycles. The number of hydrogen-bond acceptors (Lipinski definition) is 4. The topological polar surface area (TPSA) is 35.9 Å². The third-order valence-electron chi connectivity index (χ3n) is 1.79. The molecule has 0 bridgehead atoms. The van der Waals surface area contributed by atoms with Crippen LogP contribution in [0.2, 0.25) is 0 Å². The van der Waals surface area contributed by atoms with Crippen molar-refractivity contribution in [2.24, 2.45) is 0 Å². The minimum atomic E-state index is -0.499. The molecule has 4 nitrogen and oxygen atoms in total. The molecular formula is C7H14N2O2. The summed E-state index contributed by atoms with van der Waals surface area (Å²) in [5, 5.41) is 9.43. The SMILES string of the molecule is CO/C=C/N1CCN(C)C1O. The zero-order valence-corrected chi connectivity index (χ0v) is 6.90. The predicted molar refractivity (Wildman–Crippen MR) is 41.5 cm³/mol. The Balaban J connectivity index is 2.42. The molecule has 0 aromatic rings. The lowest BCUT2D eigenvalue weighted by Crippen LogP contribution is -2.33. The molecule has 1 fully saturated rings. The standard InChI is InChI=1S/C7H14N2O2/c1-8-3-4-9(7(8)10)5-6-11-2/h5-7,10H,3-4H2,1-2H3/b6-5+. The molecule has 4 heteroatoms. The Labute approximate surface area is 66.7 Å². The van der Waals surface area contributed by atoms with E-state index in [0.29, 0.717) is 0 Å². The van der Waals surface area contributed by atoms with Crippen molar-refractivity contribution in [1.82, 2.24) is 9.80 Å². The van der Waals surface area contributed by atoms with Crippen LogP contribution in [0.4, 0.5) is 0 Å². The summed E-state index contributed by atoms with van der Waals surface area (Å²) < 4.78 is 4.74. The third kappa shape index (κ3) is 1.85. The van der Waals surface area contributed by atoms with Gasteiger partial charge in [-0.25, -0.2) is 0 Å². The molecular weight excluding hydrogens is 144 g/mol. The highest BCUT2D eigenvalue weighted by molar-refractivity contribution is 4.82. The molecule has 1 heterocycles. The molecule has 11 heavy (non-hydrogen) atoms. The van der Waals surface area contributed by atoms with E-state index in [1.165, 1.54) is 0 Å². The Hall–Kier alpha value is -0.740. The lowest BCUT2D eigenvalue weighted by Gasteiger charge is -2.20. The first-order valence-corrected chi connectivity index (χ1v) is 3.59. The van der Waals surface area contributed by atoms with Gasteiger partial charge in [0.15, 0.2) is 6.35 Å². The maximum atomic E-state index is 9.43. The van der Waals surface area contributed by atoms with Crippen LogP contribution in [0.25, 0.3) is 0 Å². The quantitative estimate of drug-likeness (QED) is 0.556. The van der Waals surface area contributed by atoms with Crippen molar-refractivity contribution in [3.05, 3.63) is 12.5 Å². The molecule has 0 aromatic carbocycles. The largest absolute Gasteiger partial charge is 0.503 e.